The number of rotatable bonds is 2. The van der Waals surface area contributed by atoms with E-state index < -0.39 is 0 Å². The highest BCUT2D eigenvalue weighted by Gasteiger charge is 2.21. The van der Waals surface area contributed by atoms with Crippen molar-refractivity contribution in [3.8, 4) is 0 Å². The average molecular weight is 204 g/mol. The van der Waals surface area contributed by atoms with Crippen molar-refractivity contribution in [3.63, 3.8) is 0 Å². The molecular weight excluding hydrogens is 186 g/mol. The van der Waals surface area contributed by atoms with E-state index in [1.807, 2.05) is 0 Å². The summed E-state index contributed by atoms with van der Waals surface area (Å²) in [4.78, 5) is 12.6. The fraction of sp³-hybridized carbons (Fsp3) is 0.900. The minimum atomic E-state index is -0.289. The Morgan fingerprint density at radius 1 is 1.46 bits per heavy atom. The molecule has 1 aliphatic heterocycles. The summed E-state index contributed by atoms with van der Waals surface area (Å²) < 4.78 is 0. The van der Waals surface area contributed by atoms with Crippen molar-refractivity contribution in [1.82, 2.24) is 4.90 Å². The van der Waals surface area contributed by atoms with Gasteiger partial charge in [0, 0.05) is 13.1 Å². The molecule has 3 heteroatoms. The monoisotopic (exact) mass is 203 g/mol. The van der Waals surface area contributed by atoms with Gasteiger partial charge in [0.1, 0.15) is 0 Å². The molecule has 0 bridgehead atoms. The summed E-state index contributed by atoms with van der Waals surface area (Å²) in [6, 6.07) is 0. The SMILES string of the molecule is CC(C)CC1CCN(C(=O)Cl)CC1. The number of carbonyl (C=O) groups excluding carboxylic acids is 1. The van der Waals surface area contributed by atoms with Crippen molar-refractivity contribution >= 4 is 17.0 Å². The first-order valence-electron chi connectivity index (χ1n) is 5.04. The molecule has 0 radical (unpaired) electrons. The number of amides is 1. The van der Waals surface area contributed by atoms with Crippen LogP contribution in [-0.4, -0.2) is 23.4 Å². The molecule has 0 N–H and O–H groups in total. The Balaban J connectivity index is 2.26. The van der Waals surface area contributed by atoms with E-state index in [2.05, 4.69) is 13.8 Å². The Hall–Kier alpha value is -0.240. The third-order valence-corrected chi connectivity index (χ3v) is 2.91. The number of hydrogen-bond acceptors (Lipinski definition) is 1. The molecule has 0 saturated carbocycles. The molecule has 0 aromatic carbocycles. The largest absolute Gasteiger partial charge is 0.329 e. The van der Waals surface area contributed by atoms with Crippen LogP contribution in [0.2, 0.25) is 0 Å². The molecular formula is C10H18ClNO. The van der Waals surface area contributed by atoms with E-state index in [1.54, 1.807) is 4.90 Å². The molecule has 1 amide bonds. The van der Waals surface area contributed by atoms with Gasteiger partial charge in [0.05, 0.1) is 0 Å². The molecule has 0 aliphatic carbocycles. The standard InChI is InChI=1S/C10H18ClNO/c1-8(2)7-9-3-5-12(6-4-9)10(11)13/h8-9H,3-7H2,1-2H3. The van der Waals surface area contributed by atoms with Crippen LogP contribution in [0.25, 0.3) is 0 Å². The van der Waals surface area contributed by atoms with Crippen molar-refractivity contribution in [2.24, 2.45) is 11.8 Å². The number of hydrogen-bond donors (Lipinski definition) is 0. The van der Waals surface area contributed by atoms with Crippen LogP contribution in [0.4, 0.5) is 4.79 Å². The third-order valence-electron chi connectivity index (χ3n) is 2.67. The van der Waals surface area contributed by atoms with Crippen LogP contribution in [-0.2, 0) is 0 Å². The number of nitrogens with zero attached hydrogens (tertiary/aromatic N) is 1. The summed E-state index contributed by atoms with van der Waals surface area (Å²) >= 11 is 5.40. The normalized spacial score (nSPS) is 19.5. The Morgan fingerprint density at radius 2 is 2.00 bits per heavy atom. The molecule has 1 saturated heterocycles. The van der Waals surface area contributed by atoms with Crippen LogP contribution in [0.3, 0.4) is 0 Å². The molecule has 2 nitrogen and oxygen atoms in total. The van der Waals surface area contributed by atoms with E-state index in [1.165, 1.54) is 6.42 Å². The zero-order valence-corrected chi connectivity index (χ0v) is 9.18. The maximum atomic E-state index is 10.8. The molecule has 0 atom stereocenters. The second-order valence-electron chi connectivity index (χ2n) is 4.31. The molecule has 1 aliphatic rings. The summed E-state index contributed by atoms with van der Waals surface area (Å²) in [6.07, 6.45) is 3.53. The Labute approximate surface area is 85.2 Å². The quantitative estimate of drug-likeness (QED) is 0.499. The van der Waals surface area contributed by atoms with E-state index >= 15 is 0 Å². The smallest absolute Gasteiger partial charge is 0.316 e. The fourth-order valence-corrected chi connectivity index (χ4v) is 2.18. The van der Waals surface area contributed by atoms with Gasteiger partial charge in [-0.2, -0.15) is 0 Å². The second-order valence-corrected chi connectivity index (χ2v) is 4.64. The summed E-state index contributed by atoms with van der Waals surface area (Å²) in [5.74, 6) is 1.57. The van der Waals surface area contributed by atoms with Crippen LogP contribution >= 0.6 is 11.6 Å². The molecule has 0 aromatic heterocycles. The van der Waals surface area contributed by atoms with Crippen LogP contribution in [0.5, 0.6) is 0 Å². The highest BCUT2D eigenvalue weighted by atomic mass is 35.5. The average Bonchev–Trinajstić information content (AvgIpc) is 2.04. The predicted octanol–water partition coefficient (Wildman–Crippen LogP) is 3.10. The second kappa shape index (κ2) is 4.85. The van der Waals surface area contributed by atoms with Gasteiger partial charge in [0.25, 0.3) is 0 Å². The number of carbonyl (C=O) groups is 1. The lowest BCUT2D eigenvalue weighted by molar-refractivity contribution is 0.183. The zero-order valence-electron chi connectivity index (χ0n) is 8.42. The Kier molecular flexibility index (Phi) is 4.04. The van der Waals surface area contributed by atoms with Gasteiger partial charge >= 0.3 is 5.37 Å². The van der Waals surface area contributed by atoms with Gasteiger partial charge in [0.15, 0.2) is 0 Å². The van der Waals surface area contributed by atoms with Gasteiger partial charge in [-0.15, -0.1) is 0 Å². The van der Waals surface area contributed by atoms with Gasteiger partial charge < -0.3 is 4.90 Å². The topological polar surface area (TPSA) is 20.3 Å². The van der Waals surface area contributed by atoms with Crippen LogP contribution in [0, 0.1) is 11.8 Å². The minimum Gasteiger partial charge on any atom is -0.329 e. The Bertz CT molecular complexity index is 174. The van der Waals surface area contributed by atoms with Crippen LogP contribution in [0.15, 0.2) is 0 Å². The predicted molar refractivity (Wildman–Crippen MR) is 55.0 cm³/mol. The lowest BCUT2D eigenvalue weighted by Gasteiger charge is -2.31. The zero-order chi connectivity index (χ0) is 9.84. The third kappa shape index (κ3) is 3.55. The number of piperidine rings is 1. The summed E-state index contributed by atoms with van der Waals surface area (Å²) in [7, 11) is 0. The molecule has 0 aromatic rings. The van der Waals surface area contributed by atoms with Crippen molar-refractivity contribution in [2.75, 3.05) is 13.1 Å². The molecule has 13 heavy (non-hydrogen) atoms. The first-order valence-corrected chi connectivity index (χ1v) is 5.41. The number of likely N-dealkylation sites (tertiary alicyclic amines) is 1. The van der Waals surface area contributed by atoms with Crippen molar-refractivity contribution in [1.29, 1.82) is 0 Å². The van der Waals surface area contributed by atoms with Crippen molar-refractivity contribution < 1.29 is 4.79 Å². The first-order chi connectivity index (χ1) is 6.09. The molecule has 1 fully saturated rings. The van der Waals surface area contributed by atoms with Gasteiger partial charge in [-0.25, -0.2) is 0 Å². The summed E-state index contributed by atoms with van der Waals surface area (Å²) in [5.41, 5.74) is 0. The van der Waals surface area contributed by atoms with Crippen molar-refractivity contribution in [3.05, 3.63) is 0 Å². The summed E-state index contributed by atoms with van der Waals surface area (Å²) in [6.45, 7) is 6.19. The highest BCUT2D eigenvalue weighted by Crippen LogP contribution is 2.24. The summed E-state index contributed by atoms with van der Waals surface area (Å²) in [5, 5.41) is -0.289. The molecule has 1 rings (SSSR count). The maximum Gasteiger partial charge on any atom is 0.316 e. The lowest BCUT2D eigenvalue weighted by atomic mass is 9.89. The minimum absolute atomic E-state index is 0.289. The van der Waals surface area contributed by atoms with E-state index in [0.29, 0.717) is 0 Å². The molecule has 0 spiro atoms. The molecule has 0 unspecified atom stereocenters. The van der Waals surface area contributed by atoms with E-state index in [9.17, 15) is 4.79 Å². The van der Waals surface area contributed by atoms with E-state index in [-0.39, 0.29) is 5.37 Å². The van der Waals surface area contributed by atoms with E-state index in [0.717, 1.165) is 37.8 Å². The Morgan fingerprint density at radius 3 is 2.38 bits per heavy atom. The number of halogens is 1. The van der Waals surface area contributed by atoms with Gasteiger partial charge in [0.2, 0.25) is 0 Å². The van der Waals surface area contributed by atoms with Crippen LogP contribution in [0.1, 0.15) is 33.1 Å². The molecule has 1 heterocycles. The van der Waals surface area contributed by atoms with Crippen LogP contribution < -0.4 is 0 Å². The molecule has 76 valence electrons. The van der Waals surface area contributed by atoms with Gasteiger partial charge in [-0.3, -0.25) is 4.79 Å². The lowest BCUT2D eigenvalue weighted by Crippen LogP contribution is -2.35. The fourth-order valence-electron chi connectivity index (χ4n) is 2.01. The van der Waals surface area contributed by atoms with Gasteiger partial charge in [-0.1, -0.05) is 13.8 Å². The van der Waals surface area contributed by atoms with Crippen molar-refractivity contribution in [2.45, 2.75) is 33.1 Å². The first kappa shape index (κ1) is 10.8. The highest BCUT2D eigenvalue weighted by molar-refractivity contribution is 6.62. The maximum absolute atomic E-state index is 10.8. The van der Waals surface area contributed by atoms with Gasteiger partial charge in [-0.05, 0) is 42.7 Å². The van der Waals surface area contributed by atoms with E-state index in [4.69, 9.17) is 11.6 Å².